The maximum Gasteiger partial charge on any atom is 0.254 e. The standard InChI is InChI=1S/C24H33N5O2/c1-17(2)29-22(30)20-9-7-6-8-19(20)21(23(31)26(3)4)24(29)10-12-28(13-11-24)16-18-14-25-27(5)15-18/h6-9,14-15,17,21H,10-13,16H2,1-5H3. The third-order valence-electron chi connectivity index (χ3n) is 6.83. The van der Waals surface area contributed by atoms with Gasteiger partial charge in [-0.3, -0.25) is 19.2 Å². The molecule has 2 amide bonds. The quantitative estimate of drug-likeness (QED) is 0.758. The van der Waals surface area contributed by atoms with E-state index in [1.54, 1.807) is 4.90 Å². The van der Waals surface area contributed by atoms with E-state index < -0.39 is 5.54 Å². The van der Waals surface area contributed by atoms with Gasteiger partial charge in [0.05, 0.1) is 17.7 Å². The van der Waals surface area contributed by atoms with Crippen LogP contribution in [0, 0.1) is 0 Å². The molecular formula is C24H33N5O2. The molecule has 31 heavy (non-hydrogen) atoms. The fourth-order valence-corrected chi connectivity index (χ4v) is 5.51. The molecule has 0 radical (unpaired) electrons. The van der Waals surface area contributed by atoms with Crippen LogP contribution in [0.4, 0.5) is 0 Å². The fraction of sp³-hybridized carbons (Fsp3) is 0.542. The van der Waals surface area contributed by atoms with E-state index >= 15 is 0 Å². The zero-order chi connectivity index (χ0) is 22.3. The van der Waals surface area contributed by atoms with Crippen molar-refractivity contribution in [3.63, 3.8) is 0 Å². The van der Waals surface area contributed by atoms with Gasteiger partial charge in [0.2, 0.25) is 5.91 Å². The van der Waals surface area contributed by atoms with Crippen molar-refractivity contribution in [2.24, 2.45) is 7.05 Å². The summed E-state index contributed by atoms with van der Waals surface area (Å²) in [6, 6.07) is 7.69. The summed E-state index contributed by atoms with van der Waals surface area (Å²) in [5, 5.41) is 4.28. The van der Waals surface area contributed by atoms with Crippen molar-refractivity contribution in [3.8, 4) is 0 Å². The number of likely N-dealkylation sites (tertiary alicyclic amines) is 1. The Morgan fingerprint density at radius 1 is 1.23 bits per heavy atom. The van der Waals surface area contributed by atoms with Crippen LogP contribution in [0.1, 0.15) is 54.1 Å². The lowest BCUT2D eigenvalue weighted by Gasteiger charge is -2.56. The summed E-state index contributed by atoms with van der Waals surface area (Å²) in [5.41, 5.74) is 2.22. The first-order valence-electron chi connectivity index (χ1n) is 11.1. The average Bonchev–Trinajstić information content (AvgIpc) is 3.14. The van der Waals surface area contributed by atoms with Crippen LogP contribution in [0.25, 0.3) is 0 Å². The fourth-order valence-electron chi connectivity index (χ4n) is 5.51. The number of nitrogens with zero attached hydrogens (tertiary/aromatic N) is 5. The Balaban J connectivity index is 1.72. The highest BCUT2D eigenvalue weighted by Crippen LogP contribution is 2.48. The summed E-state index contributed by atoms with van der Waals surface area (Å²) < 4.78 is 1.82. The number of fused-ring (bicyclic) bond motifs is 1. The SMILES string of the molecule is CC(C)N1C(=O)c2ccccc2C(C(=O)N(C)C)C12CCN(Cc1cnn(C)c1)CC2. The molecule has 2 aromatic rings. The summed E-state index contributed by atoms with van der Waals surface area (Å²) in [4.78, 5) is 33.3. The molecule has 0 N–H and O–H groups in total. The van der Waals surface area contributed by atoms with E-state index in [0.29, 0.717) is 5.56 Å². The molecule has 0 bridgehead atoms. The van der Waals surface area contributed by atoms with Gasteiger partial charge in [-0.05, 0) is 38.3 Å². The average molecular weight is 424 g/mol. The van der Waals surface area contributed by atoms with Gasteiger partial charge in [0.1, 0.15) is 0 Å². The molecule has 1 atom stereocenters. The molecular weight excluding hydrogens is 390 g/mol. The van der Waals surface area contributed by atoms with Crippen LogP contribution in [0.2, 0.25) is 0 Å². The Morgan fingerprint density at radius 3 is 2.48 bits per heavy atom. The van der Waals surface area contributed by atoms with Gasteiger partial charge in [0.25, 0.3) is 5.91 Å². The molecule has 0 saturated carbocycles. The van der Waals surface area contributed by atoms with Crippen LogP contribution in [0.5, 0.6) is 0 Å². The molecule has 7 nitrogen and oxygen atoms in total. The number of aromatic nitrogens is 2. The zero-order valence-corrected chi connectivity index (χ0v) is 19.2. The smallest absolute Gasteiger partial charge is 0.254 e. The number of likely N-dealkylation sites (N-methyl/N-ethyl adjacent to an activating group) is 1. The van der Waals surface area contributed by atoms with Crippen molar-refractivity contribution in [2.45, 2.75) is 50.7 Å². The highest BCUT2D eigenvalue weighted by Gasteiger charge is 2.56. The van der Waals surface area contributed by atoms with Crippen molar-refractivity contribution in [3.05, 3.63) is 53.3 Å². The summed E-state index contributed by atoms with van der Waals surface area (Å²) in [6.45, 7) is 6.64. The number of hydrogen-bond acceptors (Lipinski definition) is 4. The maximum atomic E-state index is 13.6. The van der Waals surface area contributed by atoms with E-state index in [9.17, 15) is 9.59 Å². The predicted octanol–water partition coefficient (Wildman–Crippen LogP) is 2.49. The van der Waals surface area contributed by atoms with Gasteiger partial charge in [-0.15, -0.1) is 0 Å². The first kappa shape index (κ1) is 21.6. The molecule has 4 rings (SSSR count). The minimum atomic E-state index is -0.508. The molecule has 1 aromatic carbocycles. The Morgan fingerprint density at radius 2 is 1.90 bits per heavy atom. The van der Waals surface area contributed by atoms with E-state index in [0.717, 1.165) is 38.0 Å². The lowest BCUT2D eigenvalue weighted by atomic mass is 9.66. The summed E-state index contributed by atoms with van der Waals surface area (Å²) in [7, 11) is 5.55. The lowest BCUT2D eigenvalue weighted by Crippen LogP contribution is -2.66. The molecule has 1 unspecified atom stereocenters. The molecule has 166 valence electrons. The molecule has 2 aliphatic rings. The Kier molecular flexibility index (Phi) is 5.64. The highest BCUT2D eigenvalue weighted by atomic mass is 16.2. The van der Waals surface area contributed by atoms with Crippen LogP contribution in [0.3, 0.4) is 0 Å². The number of hydrogen-bond donors (Lipinski definition) is 0. The highest BCUT2D eigenvalue weighted by molar-refractivity contribution is 6.02. The van der Waals surface area contributed by atoms with Crippen molar-refractivity contribution >= 4 is 11.8 Å². The van der Waals surface area contributed by atoms with E-state index in [-0.39, 0.29) is 23.8 Å². The predicted molar refractivity (Wildman–Crippen MR) is 120 cm³/mol. The molecule has 1 spiro atoms. The van der Waals surface area contributed by atoms with Gasteiger partial charge in [-0.2, -0.15) is 5.10 Å². The maximum absolute atomic E-state index is 13.6. The van der Waals surface area contributed by atoms with Crippen LogP contribution < -0.4 is 0 Å². The van der Waals surface area contributed by atoms with Crippen molar-refractivity contribution in [2.75, 3.05) is 27.2 Å². The van der Waals surface area contributed by atoms with Crippen molar-refractivity contribution < 1.29 is 9.59 Å². The molecule has 1 saturated heterocycles. The van der Waals surface area contributed by atoms with E-state index in [4.69, 9.17) is 0 Å². The van der Waals surface area contributed by atoms with Crippen LogP contribution in [-0.2, 0) is 18.4 Å². The Labute approximate surface area is 184 Å². The Bertz CT molecular complexity index is 972. The van der Waals surface area contributed by atoms with Gasteiger partial charge in [-0.1, -0.05) is 18.2 Å². The number of rotatable bonds is 4. The van der Waals surface area contributed by atoms with E-state index in [1.807, 2.05) is 67.4 Å². The largest absolute Gasteiger partial charge is 0.348 e. The second kappa shape index (κ2) is 8.11. The molecule has 7 heteroatoms. The number of amides is 2. The number of benzene rings is 1. The third-order valence-corrected chi connectivity index (χ3v) is 6.83. The molecule has 1 aromatic heterocycles. The van der Waals surface area contributed by atoms with Crippen LogP contribution in [0.15, 0.2) is 36.7 Å². The second-order valence-corrected chi connectivity index (χ2v) is 9.42. The molecule has 3 heterocycles. The minimum absolute atomic E-state index is 0.0168. The van der Waals surface area contributed by atoms with Gasteiger partial charge in [-0.25, -0.2) is 0 Å². The third kappa shape index (κ3) is 3.65. The minimum Gasteiger partial charge on any atom is -0.348 e. The monoisotopic (exact) mass is 423 g/mol. The van der Waals surface area contributed by atoms with Gasteiger partial charge >= 0.3 is 0 Å². The van der Waals surface area contributed by atoms with Gasteiger partial charge < -0.3 is 9.80 Å². The number of aryl methyl sites for hydroxylation is 1. The zero-order valence-electron chi connectivity index (χ0n) is 19.2. The molecule has 1 fully saturated rings. The van der Waals surface area contributed by atoms with E-state index in [2.05, 4.69) is 23.8 Å². The van der Waals surface area contributed by atoms with E-state index in [1.165, 1.54) is 5.56 Å². The normalized spacial score (nSPS) is 20.9. The number of carbonyl (C=O) groups is 2. The molecule has 0 aliphatic carbocycles. The summed E-state index contributed by atoms with van der Waals surface area (Å²) in [5.74, 6) is -0.222. The van der Waals surface area contributed by atoms with Crippen LogP contribution >= 0.6 is 0 Å². The number of piperidine rings is 1. The second-order valence-electron chi connectivity index (χ2n) is 9.42. The summed E-state index contributed by atoms with van der Waals surface area (Å²) in [6.07, 6.45) is 5.50. The number of carbonyl (C=O) groups excluding carboxylic acids is 2. The van der Waals surface area contributed by atoms with Crippen LogP contribution in [-0.4, -0.2) is 75.1 Å². The summed E-state index contributed by atoms with van der Waals surface area (Å²) >= 11 is 0. The first-order chi connectivity index (χ1) is 14.7. The topological polar surface area (TPSA) is 61.7 Å². The van der Waals surface area contributed by atoms with Gasteiger partial charge in [0, 0.05) is 64.1 Å². The van der Waals surface area contributed by atoms with Crippen molar-refractivity contribution in [1.29, 1.82) is 0 Å². The Hall–Kier alpha value is -2.67. The lowest BCUT2D eigenvalue weighted by molar-refractivity contribution is -0.136. The van der Waals surface area contributed by atoms with Crippen molar-refractivity contribution in [1.82, 2.24) is 24.5 Å². The molecule has 2 aliphatic heterocycles. The van der Waals surface area contributed by atoms with Gasteiger partial charge in [0.15, 0.2) is 0 Å². The first-order valence-corrected chi connectivity index (χ1v) is 11.1.